The third-order valence-corrected chi connectivity index (χ3v) is 3.82. The van der Waals surface area contributed by atoms with Crippen molar-refractivity contribution in [3.05, 3.63) is 34.1 Å². The van der Waals surface area contributed by atoms with Crippen LogP contribution in [0.25, 0.3) is 0 Å². The number of benzene rings is 1. The minimum absolute atomic E-state index is 0.0874. The number of likely N-dealkylation sites (N-methyl/N-ethyl adjacent to an activating group) is 1. The van der Waals surface area contributed by atoms with Crippen molar-refractivity contribution < 1.29 is 9.18 Å². The second-order valence-electron chi connectivity index (χ2n) is 4.60. The number of carbonyl (C=O) groups is 1. The summed E-state index contributed by atoms with van der Waals surface area (Å²) in [5, 5.41) is 3.35. The van der Waals surface area contributed by atoms with E-state index in [1.54, 1.807) is 11.9 Å². The van der Waals surface area contributed by atoms with E-state index >= 15 is 0 Å². The quantitative estimate of drug-likeness (QED) is 0.929. The molecular formula is C13H16BrFN2O. The van der Waals surface area contributed by atoms with Crippen LogP contribution in [0, 0.1) is 5.82 Å². The molecule has 1 aromatic carbocycles. The van der Waals surface area contributed by atoms with E-state index in [0.717, 1.165) is 19.4 Å². The number of amides is 1. The summed E-state index contributed by atoms with van der Waals surface area (Å²) in [5.41, 5.74) is 0.497. The molecule has 1 unspecified atom stereocenters. The molecule has 1 fully saturated rings. The van der Waals surface area contributed by atoms with Gasteiger partial charge in [0, 0.05) is 24.1 Å². The van der Waals surface area contributed by atoms with Crippen LogP contribution in [-0.2, 0) is 0 Å². The van der Waals surface area contributed by atoms with Gasteiger partial charge in [-0.25, -0.2) is 4.39 Å². The number of halogens is 2. The van der Waals surface area contributed by atoms with Gasteiger partial charge in [0.1, 0.15) is 5.82 Å². The van der Waals surface area contributed by atoms with E-state index in [-0.39, 0.29) is 11.7 Å². The highest BCUT2D eigenvalue weighted by Crippen LogP contribution is 2.20. The molecule has 1 aromatic rings. The Hall–Kier alpha value is -0.940. The lowest BCUT2D eigenvalue weighted by molar-refractivity contribution is 0.0783. The molecule has 0 spiro atoms. The maximum atomic E-state index is 13.0. The van der Waals surface area contributed by atoms with Crippen molar-refractivity contribution in [3.8, 4) is 0 Å². The van der Waals surface area contributed by atoms with Crippen molar-refractivity contribution in [1.82, 2.24) is 10.2 Å². The van der Waals surface area contributed by atoms with Gasteiger partial charge in [-0.15, -0.1) is 0 Å². The molecule has 0 bridgehead atoms. The molecule has 1 saturated heterocycles. The van der Waals surface area contributed by atoms with E-state index in [1.165, 1.54) is 18.2 Å². The number of carbonyl (C=O) groups excluding carboxylic acids is 1. The normalized spacial score (nSPS) is 18.9. The van der Waals surface area contributed by atoms with Crippen LogP contribution >= 0.6 is 15.9 Å². The molecule has 0 saturated carbocycles. The highest BCUT2D eigenvalue weighted by molar-refractivity contribution is 9.10. The average molecular weight is 315 g/mol. The Morgan fingerprint density at radius 1 is 1.61 bits per heavy atom. The first-order chi connectivity index (χ1) is 8.58. The maximum Gasteiger partial charge on any atom is 0.254 e. The van der Waals surface area contributed by atoms with Gasteiger partial charge in [-0.1, -0.05) is 0 Å². The van der Waals surface area contributed by atoms with E-state index in [4.69, 9.17) is 0 Å². The van der Waals surface area contributed by atoms with Gasteiger partial charge in [0.05, 0.1) is 5.56 Å². The van der Waals surface area contributed by atoms with Crippen molar-refractivity contribution in [1.29, 1.82) is 0 Å². The fourth-order valence-electron chi connectivity index (χ4n) is 2.19. The molecule has 18 heavy (non-hydrogen) atoms. The fourth-order valence-corrected chi connectivity index (χ4v) is 2.72. The molecule has 1 aliphatic heterocycles. The summed E-state index contributed by atoms with van der Waals surface area (Å²) in [7, 11) is 1.78. The molecule has 3 nitrogen and oxygen atoms in total. The Kier molecular flexibility index (Phi) is 4.35. The summed E-state index contributed by atoms with van der Waals surface area (Å²) < 4.78 is 13.5. The smallest absolute Gasteiger partial charge is 0.254 e. The Balaban J connectivity index is 2.05. The van der Waals surface area contributed by atoms with Crippen molar-refractivity contribution in [3.63, 3.8) is 0 Å². The molecule has 1 aliphatic rings. The van der Waals surface area contributed by atoms with Crippen LogP contribution < -0.4 is 5.32 Å². The number of rotatable bonds is 3. The second-order valence-corrected chi connectivity index (χ2v) is 5.46. The minimum Gasteiger partial charge on any atom is -0.340 e. The molecule has 0 radical (unpaired) electrons. The summed E-state index contributed by atoms with van der Waals surface area (Å²) in [5.74, 6) is -0.436. The third kappa shape index (κ3) is 3.09. The first kappa shape index (κ1) is 13.5. The standard InChI is InChI=1S/C13H16BrFN2O/c1-17(8-10-3-2-6-16-10)13(18)11-5-4-9(15)7-12(11)14/h4-5,7,10,16H,2-3,6,8H2,1H3. The van der Waals surface area contributed by atoms with Gasteiger partial charge in [-0.3, -0.25) is 4.79 Å². The molecule has 1 N–H and O–H groups in total. The van der Waals surface area contributed by atoms with Crippen LogP contribution in [0.5, 0.6) is 0 Å². The largest absolute Gasteiger partial charge is 0.340 e. The number of hydrogen-bond acceptors (Lipinski definition) is 2. The lowest BCUT2D eigenvalue weighted by atomic mass is 10.1. The molecule has 0 aromatic heterocycles. The van der Waals surface area contributed by atoms with Gasteiger partial charge in [-0.05, 0) is 53.5 Å². The van der Waals surface area contributed by atoms with Crippen molar-refractivity contribution in [2.24, 2.45) is 0 Å². The molecule has 1 heterocycles. The first-order valence-corrected chi connectivity index (χ1v) is 6.81. The van der Waals surface area contributed by atoms with Crippen LogP contribution in [0.2, 0.25) is 0 Å². The monoisotopic (exact) mass is 314 g/mol. The van der Waals surface area contributed by atoms with Crippen LogP contribution in [0.15, 0.2) is 22.7 Å². The Labute approximate surface area is 114 Å². The summed E-state index contributed by atoms with van der Waals surface area (Å²) >= 11 is 3.23. The Morgan fingerprint density at radius 2 is 2.39 bits per heavy atom. The van der Waals surface area contributed by atoms with Crippen LogP contribution in [0.3, 0.4) is 0 Å². The summed E-state index contributed by atoms with van der Waals surface area (Å²) in [6, 6.07) is 4.51. The van der Waals surface area contributed by atoms with Crippen LogP contribution in [0.4, 0.5) is 4.39 Å². The number of nitrogens with zero attached hydrogens (tertiary/aromatic N) is 1. The van der Waals surface area contributed by atoms with Crippen molar-refractivity contribution in [2.75, 3.05) is 20.1 Å². The van der Waals surface area contributed by atoms with Gasteiger partial charge in [0.2, 0.25) is 0 Å². The lowest BCUT2D eigenvalue weighted by Gasteiger charge is -2.22. The predicted octanol–water partition coefficient (Wildman–Crippen LogP) is 2.41. The van der Waals surface area contributed by atoms with E-state index in [2.05, 4.69) is 21.2 Å². The highest BCUT2D eigenvalue weighted by Gasteiger charge is 2.21. The number of hydrogen-bond donors (Lipinski definition) is 1. The zero-order chi connectivity index (χ0) is 13.1. The van der Waals surface area contributed by atoms with Crippen LogP contribution in [-0.4, -0.2) is 37.0 Å². The molecule has 1 atom stereocenters. The lowest BCUT2D eigenvalue weighted by Crippen LogP contribution is -2.38. The number of nitrogens with one attached hydrogen (secondary N) is 1. The molecule has 0 aliphatic carbocycles. The Morgan fingerprint density at radius 3 is 3.00 bits per heavy atom. The molecular weight excluding hydrogens is 299 g/mol. The van der Waals surface area contributed by atoms with Gasteiger partial charge in [0.25, 0.3) is 5.91 Å². The molecule has 1 amide bonds. The molecule has 98 valence electrons. The molecule has 2 rings (SSSR count). The predicted molar refractivity (Wildman–Crippen MR) is 72.1 cm³/mol. The fraction of sp³-hybridized carbons (Fsp3) is 0.462. The topological polar surface area (TPSA) is 32.3 Å². The zero-order valence-electron chi connectivity index (χ0n) is 10.2. The maximum absolute atomic E-state index is 13.0. The summed E-state index contributed by atoms with van der Waals surface area (Å²) in [6.45, 7) is 1.70. The molecule has 5 heteroatoms. The van der Waals surface area contributed by atoms with Gasteiger partial charge >= 0.3 is 0 Å². The Bertz CT molecular complexity index is 447. The SMILES string of the molecule is CN(CC1CCCN1)C(=O)c1ccc(F)cc1Br. The zero-order valence-corrected chi connectivity index (χ0v) is 11.8. The van der Waals surface area contributed by atoms with E-state index in [1.807, 2.05) is 0 Å². The van der Waals surface area contributed by atoms with E-state index in [9.17, 15) is 9.18 Å². The van der Waals surface area contributed by atoms with Crippen molar-refractivity contribution in [2.45, 2.75) is 18.9 Å². The average Bonchev–Trinajstić information content (AvgIpc) is 2.81. The van der Waals surface area contributed by atoms with Gasteiger partial charge < -0.3 is 10.2 Å². The first-order valence-electron chi connectivity index (χ1n) is 6.02. The van der Waals surface area contributed by atoms with Gasteiger partial charge in [-0.2, -0.15) is 0 Å². The van der Waals surface area contributed by atoms with Crippen molar-refractivity contribution >= 4 is 21.8 Å². The second kappa shape index (κ2) is 5.80. The minimum atomic E-state index is -0.349. The summed E-state index contributed by atoms with van der Waals surface area (Å²) in [6.07, 6.45) is 2.26. The van der Waals surface area contributed by atoms with E-state index in [0.29, 0.717) is 22.6 Å². The summed E-state index contributed by atoms with van der Waals surface area (Å²) in [4.78, 5) is 13.9. The van der Waals surface area contributed by atoms with E-state index < -0.39 is 0 Å². The highest BCUT2D eigenvalue weighted by atomic mass is 79.9. The third-order valence-electron chi connectivity index (χ3n) is 3.16. The van der Waals surface area contributed by atoms with Crippen LogP contribution in [0.1, 0.15) is 23.2 Å². The van der Waals surface area contributed by atoms with Gasteiger partial charge in [0.15, 0.2) is 0 Å².